The van der Waals surface area contributed by atoms with E-state index in [1.54, 1.807) is 0 Å². The van der Waals surface area contributed by atoms with E-state index in [0.717, 1.165) is 34.8 Å². The lowest BCUT2D eigenvalue weighted by Crippen LogP contribution is -2.30. The largest absolute Gasteiger partial charge is 0.390 e. The molecular weight excluding hydrogens is 396 g/mol. The van der Waals surface area contributed by atoms with E-state index in [9.17, 15) is 10.2 Å². The molecule has 0 aliphatic rings. The number of thioether (sulfide) groups is 2. The molecule has 0 aliphatic heterocycles. The van der Waals surface area contributed by atoms with E-state index in [2.05, 4.69) is 37.5 Å². The van der Waals surface area contributed by atoms with Crippen molar-refractivity contribution in [2.24, 2.45) is 0 Å². The minimum Gasteiger partial charge on any atom is -0.390 e. The van der Waals surface area contributed by atoms with E-state index in [0.29, 0.717) is 11.5 Å². The van der Waals surface area contributed by atoms with Gasteiger partial charge in [0.05, 0.1) is 25.4 Å². The first-order chi connectivity index (χ1) is 11.9. The Bertz CT molecular complexity index is 346. The molecule has 2 unspecified atom stereocenters. The zero-order valence-electron chi connectivity index (χ0n) is 15.6. The number of thiocarbonyl (C=S) groups is 2. The molecule has 0 saturated heterocycles. The number of hydrogen-bond acceptors (Lipinski definition) is 7. The highest BCUT2D eigenvalue weighted by Crippen LogP contribution is 2.13. The van der Waals surface area contributed by atoms with Gasteiger partial charge in [0, 0.05) is 37.7 Å². The summed E-state index contributed by atoms with van der Waals surface area (Å²) >= 11 is 13.6. The van der Waals surface area contributed by atoms with Crippen molar-refractivity contribution < 1.29 is 14.9 Å². The zero-order valence-corrected chi connectivity index (χ0v) is 18.9. The van der Waals surface area contributed by atoms with Gasteiger partial charge < -0.3 is 24.7 Å². The van der Waals surface area contributed by atoms with Gasteiger partial charge in [-0.3, -0.25) is 0 Å². The highest BCUT2D eigenvalue weighted by atomic mass is 32.2. The molecule has 0 aromatic rings. The quantitative estimate of drug-likeness (QED) is 0.456. The molecule has 0 rings (SSSR count). The highest BCUT2D eigenvalue weighted by Gasteiger charge is 2.13. The van der Waals surface area contributed by atoms with E-state index in [-0.39, 0.29) is 13.2 Å². The standard InChI is InChI=1S/C16H32N2O3S4/c1-5-17(6-2)15(22)24-11-13(19)9-21-10-14(20)12-25-16(23)18(7-3)8-4/h13-14,19-20H,5-12H2,1-4H3. The molecule has 25 heavy (non-hydrogen) atoms. The van der Waals surface area contributed by atoms with Crippen LogP contribution in [0.2, 0.25) is 0 Å². The van der Waals surface area contributed by atoms with Gasteiger partial charge >= 0.3 is 0 Å². The van der Waals surface area contributed by atoms with Gasteiger partial charge in [0.1, 0.15) is 8.64 Å². The van der Waals surface area contributed by atoms with E-state index in [1.807, 2.05) is 0 Å². The van der Waals surface area contributed by atoms with Gasteiger partial charge in [-0.05, 0) is 27.7 Å². The summed E-state index contributed by atoms with van der Waals surface area (Å²) in [5.74, 6) is 0.985. The van der Waals surface area contributed by atoms with Crippen LogP contribution in [0.5, 0.6) is 0 Å². The first-order valence-corrected chi connectivity index (χ1v) is 11.4. The second-order valence-electron chi connectivity index (χ2n) is 5.34. The topological polar surface area (TPSA) is 56.2 Å². The highest BCUT2D eigenvalue weighted by molar-refractivity contribution is 8.23. The average Bonchev–Trinajstić information content (AvgIpc) is 2.60. The smallest absolute Gasteiger partial charge is 0.136 e. The minimum atomic E-state index is -0.602. The third-order valence-electron chi connectivity index (χ3n) is 3.46. The summed E-state index contributed by atoms with van der Waals surface area (Å²) in [5.41, 5.74) is 0. The first-order valence-electron chi connectivity index (χ1n) is 8.66. The molecule has 0 aromatic carbocycles. The fourth-order valence-electron chi connectivity index (χ4n) is 1.92. The maximum Gasteiger partial charge on any atom is 0.136 e. The van der Waals surface area contributed by atoms with Gasteiger partial charge in [-0.25, -0.2) is 0 Å². The fraction of sp³-hybridized carbons (Fsp3) is 0.875. The molecule has 148 valence electrons. The molecular formula is C16H32N2O3S4. The van der Waals surface area contributed by atoms with E-state index in [1.165, 1.54) is 23.5 Å². The molecule has 0 radical (unpaired) electrons. The number of aliphatic hydroxyl groups excluding tert-OH is 2. The monoisotopic (exact) mass is 428 g/mol. The van der Waals surface area contributed by atoms with Crippen LogP contribution in [0.4, 0.5) is 0 Å². The Morgan fingerprint density at radius 3 is 1.40 bits per heavy atom. The summed E-state index contributed by atoms with van der Waals surface area (Å²) in [6, 6.07) is 0. The van der Waals surface area contributed by atoms with Crippen molar-refractivity contribution in [3.8, 4) is 0 Å². The van der Waals surface area contributed by atoms with E-state index < -0.39 is 12.2 Å². The molecule has 5 nitrogen and oxygen atoms in total. The normalized spacial score (nSPS) is 13.4. The second kappa shape index (κ2) is 15.4. The maximum absolute atomic E-state index is 9.95. The van der Waals surface area contributed by atoms with Gasteiger partial charge in [-0.2, -0.15) is 0 Å². The van der Waals surface area contributed by atoms with E-state index in [4.69, 9.17) is 29.2 Å². The van der Waals surface area contributed by atoms with Gasteiger partial charge in [0.25, 0.3) is 0 Å². The molecule has 9 heteroatoms. The van der Waals surface area contributed by atoms with Gasteiger partial charge in [0.15, 0.2) is 0 Å². The Hall–Kier alpha value is 0.360. The summed E-state index contributed by atoms with van der Waals surface area (Å²) in [6.07, 6.45) is -1.20. The van der Waals surface area contributed by atoms with Crippen LogP contribution in [-0.4, -0.2) is 91.8 Å². The molecule has 0 heterocycles. The van der Waals surface area contributed by atoms with Gasteiger partial charge in [0.2, 0.25) is 0 Å². The Balaban J connectivity index is 3.87. The molecule has 0 spiro atoms. The SMILES string of the molecule is CCN(CC)C(=S)SCC(O)COCC(O)CSC(=S)N(CC)CC. The third-order valence-corrected chi connectivity index (χ3v) is 6.80. The number of rotatable bonds is 12. The summed E-state index contributed by atoms with van der Waals surface area (Å²) in [6.45, 7) is 12.1. The van der Waals surface area contributed by atoms with Crippen molar-refractivity contribution in [2.75, 3.05) is 50.9 Å². The molecule has 2 atom stereocenters. The number of aliphatic hydroxyl groups is 2. The van der Waals surface area contributed by atoms with Crippen LogP contribution in [0.3, 0.4) is 0 Å². The van der Waals surface area contributed by atoms with Crippen molar-refractivity contribution in [2.45, 2.75) is 39.9 Å². The molecule has 0 aromatic heterocycles. The van der Waals surface area contributed by atoms with E-state index >= 15 is 0 Å². The predicted octanol–water partition coefficient (Wildman–Crippen LogP) is 2.44. The lowest BCUT2D eigenvalue weighted by molar-refractivity contribution is 0.00679. The Labute approximate surface area is 171 Å². The summed E-state index contributed by atoms with van der Waals surface area (Å²) < 4.78 is 7.00. The summed E-state index contributed by atoms with van der Waals surface area (Å²) in [4.78, 5) is 4.15. The maximum atomic E-state index is 9.95. The van der Waals surface area contributed by atoms with Gasteiger partial charge in [-0.1, -0.05) is 48.0 Å². The van der Waals surface area contributed by atoms with Gasteiger partial charge in [-0.15, -0.1) is 0 Å². The molecule has 0 saturated carbocycles. The van der Waals surface area contributed by atoms with Crippen LogP contribution in [-0.2, 0) is 4.74 Å². The Morgan fingerprint density at radius 2 is 1.12 bits per heavy atom. The Morgan fingerprint density at radius 1 is 0.800 bits per heavy atom. The second-order valence-corrected chi connectivity index (χ2v) is 8.65. The Kier molecular flexibility index (Phi) is 15.6. The third kappa shape index (κ3) is 11.6. The minimum absolute atomic E-state index is 0.191. The summed E-state index contributed by atoms with van der Waals surface area (Å²) in [5, 5.41) is 19.9. The van der Waals surface area contributed by atoms with Crippen LogP contribution >= 0.6 is 48.0 Å². The van der Waals surface area contributed by atoms with Crippen LogP contribution in [0.25, 0.3) is 0 Å². The van der Waals surface area contributed by atoms with Crippen molar-refractivity contribution in [1.82, 2.24) is 9.80 Å². The van der Waals surface area contributed by atoms with Crippen LogP contribution in [0.15, 0.2) is 0 Å². The number of nitrogens with zero attached hydrogens (tertiary/aromatic N) is 2. The van der Waals surface area contributed by atoms with Crippen molar-refractivity contribution in [3.05, 3.63) is 0 Å². The molecule has 0 bridgehead atoms. The number of ether oxygens (including phenoxy) is 1. The molecule has 0 amide bonds. The van der Waals surface area contributed by atoms with Crippen molar-refractivity contribution in [1.29, 1.82) is 0 Å². The predicted molar refractivity (Wildman–Crippen MR) is 119 cm³/mol. The van der Waals surface area contributed by atoms with Crippen LogP contribution < -0.4 is 0 Å². The molecule has 0 fully saturated rings. The summed E-state index contributed by atoms with van der Waals surface area (Å²) in [7, 11) is 0. The van der Waals surface area contributed by atoms with Crippen LogP contribution in [0, 0.1) is 0 Å². The average molecular weight is 429 g/mol. The molecule has 0 aliphatic carbocycles. The van der Waals surface area contributed by atoms with Crippen molar-refractivity contribution in [3.63, 3.8) is 0 Å². The van der Waals surface area contributed by atoms with Crippen molar-refractivity contribution >= 4 is 56.6 Å². The molecule has 2 N–H and O–H groups in total. The number of hydrogen-bond donors (Lipinski definition) is 2. The lowest BCUT2D eigenvalue weighted by atomic mass is 10.4. The first kappa shape index (κ1) is 25.4. The van der Waals surface area contributed by atoms with Crippen LogP contribution in [0.1, 0.15) is 27.7 Å². The lowest BCUT2D eigenvalue weighted by Gasteiger charge is -2.22. The fourth-order valence-corrected chi connectivity index (χ4v) is 4.59. The zero-order chi connectivity index (χ0) is 19.2.